The number of nitrogens with zero attached hydrogens (tertiary/aromatic N) is 1. The molecule has 0 unspecified atom stereocenters. The number of esters is 1. The zero-order chi connectivity index (χ0) is 25.1. The van der Waals surface area contributed by atoms with Crippen molar-refractivity contribution in [3.8, 4) is 6.07 Å². The van der Waals surface area contributed by atoms with Crippen LogP contribution in [0.1, 0.15) is 57.2 Å². The number of amides is 2. The van der Waals surface area contributed by atoms with E-state index in [4.69, 9.17) is 10.00 Å². The summed E-state index contributed by atoms with van der Waals surface area (Å²) in [7, 11) is 0. The standard InChI is InChI=1S/C27H33N3O4/c1-19(25(32)29-18-22-12-10-21(17-28)11-13-22)30-26(33)23(16-24(31)34-27(2,3)4)15-14-20-8-6-5-7-9-20/h5-13,19,23H,14-16,18H2,1-4H3,(H,29,32)(H,30,33)/t19-,23-/m0/s1. The molecule has 34 heavy (non-hydrogen) atoms. The van der Waals surface area contributed by atoms with Crippen LogP contribution in [0.4, 0.5) is 0 Å². The van der Waals surface area contributed by atoms with Crippen molar-refractivity contribution in [1.29, 1.82) is 5.26 Å². The van der Waals surface area contributed by atoms with E-state index in [9.17, 15) is 14.4 Å². The first-order chi connectivity index (χ1) is 16.1. The average Bonchev–Trinajstić information content (AvgIpc) is 2.79. The van der Waals surface area contributed by atoms with Gasteiger partial charge in [-0.1, -0.05) is 42.5 Å². The van der Waals surface area contributed by atoms with Crippen molar-refractivity contribution in [2.75, 3.05) is 0 Å². The second kappa shape index (κ2) is 12.5. The normalized spacial score (nSPS) is 12.7. The number of benzene rings is 2. The summed E-state index contributed by atoms with van der Waals surface area (Å²) in [5.41, 5.74) is 1.81. The van der Waals surface area contributed by atoms with Gasteiger partial charge in [-0.05, 0) is 63.8 Å². The van der Waals surface area contributed by atoms with Crippen LogP contribution in [-0.2, 0) is 32.1 Å². The molecule has 2 amide bonds. The highest BCUT2D eigenvalue weighted by atomic mass is 16.6. The number of hydrogen-bond donors (Lipinski definition) is 2. The molecule has 0 saturated carbocycles. The Morgan fingerprint density at radius 2 is 1.62 bits per heavy atom. The number of nitrogens with one attached hydrogen (secondary N) is 2. The smallest absolute Gasteiger partial charge is 0.307 e. The first-order valence-electron chi connectivity index (χ1n) is 11.4. The maximum atomic E-state index is 13.0. The van der Waals surface area contributed by atoms with E-state index in [1.165, 1.54) is 0 Å². The van der Waals surface area contributed by atoms with Crippen molar-refractivity contribution < 1.29 is 19.1 Å². The molecule has 0 aliphatic heterocycles. The third-order valence-electron chi connectivity index (χ3n) is 5.13. The Morgan fingerprint density at radius 3 is 2.21 bits per heavy atom. The highest BCUT2D eigenvalue weighted by Gasteiger charge is 2.27. The van der Waals surface area contributed by atoms with Gasteiger partial charge in [0.25, 0.3) is 0 Å². The third kappa shape index (κ3) is 9.45. The van der Waals surface area contributed by atoms with E-state index in [2.05, 4.69) is 10.6 Å². The van der Waals surface area contributed by atoms with Crippen LogP contribution in [-0.4, -0.2) is 29.4 Å². The van der Waals surface area contributed by atoms with Crippen molar-refractivity contribution in [3.05, 3.63) is 71.3 Å². The number of rotatable bonds is 10. The minimum atomic E-state index is -0.774. The van der Waals surface area contributed by atoms with Crippen molar-refractivity contribution in [3.63, 3.8) is 0 Å². The number of carbonyl (C=O) groups is 3. The lowest BCUT2D eigenvalue weighted by Gasteiger charge is -2.23. The van der Waals surface area contributed by atoms with Gasteiger partial charge in [0.2, 0.25) is 11.8 Å². The molecule has 2 rings (SSSR count). The summed E-state index contributed by atoms with van der Waals surface area (Å²) in [5, 5.41) is 14.4. The first-order valence-corrected chi connectivity index (χ1v) is 11.4. The number of nitriles is 1. The van der Waals surface area contributed by atoms with Crippen molar-refractivity contribution in [1.82, 2.24) is 10.6 Å². The summed E-state index contributed by atoms with van der Waals surface area (Å²) in [5.74, 6) is -1.76. The van der Waals surface area contributed by atoms with Crippen LogP contribution in [0.15, 0.2) is 54.6 Å². The van der Waals surface area contributed by atoms with Gasteiger partial charge in [-0.3, -0.25) is 14.4 Å². The Morgan fingerprint density at radius 1 is 0.971 bits per heavy atom. The van der Waals surface area contributed by atoms with Crippen molar-refractivity contribution in [2.45, 2.75) is 65.1 Å². The molecule has 0 aromatic heterocycles. The van der Waals surface area contributed by atoms with Crippen LogP contribution in [0.2, 0.25) is 0 Å². The molecule has 180 valence electrons. The minimum Gasteiger partial charge on any atom is -0.460 e. The Labute approximate surface area is 201 Å². The summed E-state index contributed by atoms with van der Waals surface area (Å²) in [6.45, 7) is 7.23. The van der Waals surface area contributed by atoms with Crippen LogP contribution in [0.3, 0.4) is 0 Å². The second-order valence-corrected chi connectivity index (χ2v) is 9.27. The first kappa shape index (κ1) is 26.6. The molecule has 0 aliphatic rings. The molecule has 0 heterocycles. The van der Waals surface area contributed by atoms with E-state index >= 15 is 0 Å². The maximum Gasteiger partial charge on any atom is 0.307 e. The topological polar surface area (TPSA) is 108 Å². The van der Waals surface area contributed by atoms with Gasteiger partial charge in [-0.25, -0.2) is 0 Å². The predicted octanol–water partition coefficient (Wildman–Crippen LogP) is 3.66. The van der Waals surface area contributed by atoms with Gasteiger partial charge in [0.15, 0.2) is 0 Å². The van der Waals surface area contributed by atoms with Crippen molar-refractivity contribution >= 4 is 17.8 Å². The average molecular weight is 464 g/mol. The van der Waals surface area contributed by atoms with Gasteiger partial charge in [-0.2, -0.15) is 5.26 Å². The van der Waals surface area contributed by atoms with Gasteiger partial charge in [-0.15, -0.1) is 0 Å². The fraction of sp³-hybridized carbons (Fsp3) is 0.407. The third-order valence-corrected chi connectivity index (χ3v) is 5.13. The SMILES string of the molecule is C[C@H](NC(=O)[C@@H](CCc1ccccc1)CC(=O)OC(C)(C)C)C(=O)NCc1ccc(C#N)cc1. The van der Waals surface area contributed by atoms with Gasteiger partial charge in [0.1, 0.15) is 11.6 Å². The molecule has 0 bridgehead atoms. The maximum absolute atomic E-state index is 13.0. The van der Waals surface area contributed by atoms with Crippen LogP contribution in [0.5, 0.6) is 0 Å². The molecule has 2 atom stereocenters. The van der Waals surface area contributed by atoms with Crippen LogP contribution < -0.4 is 10.6 Å². The van der Waals surface area contributed by atoms with Gasteiger partial charge in [0.05, 0.1) is 18.1 Å². The molecular weight excluding hydrogens is 430 g/mol. The summed E-state index contributed by atoms with van der Waals surface area (Å²) < 4.78 is 5.41. The van der Waals surface area contributed by atoms with Gasteiger partial charge < -0.3 is 15.4 Å². The lowest BCUT2D eigenvalue weighted by molar-refractivity contribution is -0.157. The zero-order valence-electron chi connectivity index (χ0n) is 20.3. The summed E-state index contributed by atoms with van der Waals surface area (Å²) >= 11 is 0. The predicted molar refractivity (Wildman–Crippen MR) is 129 cm³/mol. The van der Waals surface area contributed by atoms with Crippen LogP contribution >= 0.6 is 0 Å². The molecule has 2 N–H and O–H groups in total. The monoisotopic (exact) mass is 463 g/mol. The summed E-state index contributed by atoms with van der Waals surface area (Å²) in [6, 6.07) is 17.9. The highest BCUT2D eigenvalue weighted by Crippen LogP contribution is 2.18. The second-order valence-electron chi connectivity index (χ2n) is 9.27. The van der Waals surface area contributed by atoms with Crippen molar-refractivity contribution in [2.24, 2.45) is 5.92 Å². The molecule has 7 nitrogen and oxygen atoms in total. The highest BCUT2D eigenvalue weighted by molar-refractivity contribution is 5.89. The fourth-order valence-corrected chi connectivity index (χ4v) is 3.33. The summed E-state index contributed by atoms with van der Waals surface area (Å²) in [6.07, 6.45) is 1.02. The number of ether oxygens (including phenoxy) is 1. The van der Waals surface area contributed by atoms with Gasteiger partial charge in [0, 0.05) is 12.5 Å². The Hall–Kier alpha value is -3.66. The lowest BCUT2D eigenvalue weighted by atomic mass is 9.95. The molecule has 0 radical (unpaired) electrons. The van der Waals surface area contributed by atoms with E-state index in [1.54, 1.807) is 52.0 Å². The summed E-state index contributed by atoms with van der Waals surface area (Å²) in [4.78, 5) is 37.9. The van der Waals surface area contributed by atoms with Crippen LogP contribution in [0.25, 0.3) is 0 Å². The molecule has 0 saturated heterocycles. The molecule has 2 aromatic carbocycles. The Kier molecular flexibility index (Phi) is 9.81. The van der Waals surface area contributed by atoms with E-state index in [1.807, 2.05) is 36.4 Å². The molecular formula is C27H33N3O4. The zero-order valence-corrected chi connectivity index (χ0v) is 20.3. The fourth-order valence-electron chi connectivity index (χ4n) is 3.33. The quantitative estimate of drug-likeness (QED) is 0.523. The number of hydrogen-bond acceptors (Lipinski definition) is 5. The van der Waals surface area contributed by atoms with E-state index in [-0.39, 0.29) is 24.8 Å². The minimum absolute atomic E-state index is 0.0600. The van der Waals surface area contributed by atoms with Gasteiger partial charge >= 0.3 is 5.97 Å². The Balaban J connectivity index is 1.96. The molecule has 0 aliphatic carbocycles. The number of aryl methyl sites for hydroxylation is 1. The largest absolute Gasteiger partial charge is 0.460 e. The lowest BCUT2D eigenvalue weighted by Crippen LogP contribution is -2.47. The molecule has 2 aromatic rings. The van der Waals surface area contributed by atoms with E-state index in [0.29, 0.717) is 18.4 Å². The Bertz CT molecular complexity index is 1000. The van der Waals surface area contributed by atoms with E-state index in [0.717, 1.165) is 11.1 Å². The number of carbonyl (C=O) groups excluding carboxylic acids is 3. The van der Waals surface area contributed by atoms with E-state index < -0.39 is 23.5 Å². The van der Waals surface area contributed by atoms with Crippen LogP contribution in [0, 0.1) is 17.2 Å². The molecule has 7 heteroatoms. The molecule has 0 fully saturated rings. The molecule has 0 spiro atoms.